The minimum Gasteiger partial charge on any atom is -0.369 e. The number of benzene rings is 1. The third-order valence-corrected chi connectivity index (χ3v) is 5.09. The van der Waals surface area contributed by atoms with Crippen molar-refractivity contribution in [3.05, 3.63) is 42.3 Å². The smallest absolute Gasteiger partial charge is 0.147 e. The molecule has 0 atom stereocenters. The number of halogens is 1. The SMILES string of the molecule is CC(C)Sc1ncccc1-c1ccc(N2CCCCC2)c(F)c1. The zero-order valence-corrected chi connectivity index (χ0v) is 14.6. The number of thioether (sulfide) groups is 1. The van der Waals surface area contributed by atoms with Crippen molar-refractivity contribution in [3.8, 4) is 11.1 Å². The van der Waals surface area contributed by atoms with Crippen LogP contribution in [0.15, 0.2) is 41.6 Å². The lowest BCUT2D eigenvalue weighted by Crippen LogP contribution is -2.30. The summed E-state index contributed by atoms with van der Waals surface area (Å²) in [6.07, 6.45) is 5.35. The summed E-state index contributed by atoms with van der Waals surface area (Å²) in [7, 11) is 0. The molecule has 0 bridgehead atoms. The highest BCUT2D eigenvalue weighted by molar-refractivity contribution is 7.99. The third-order valence-electron chi connectivity index (χ3n) is 4.07. The fraction of sp³-hybridized carbons (Fsp3) is 0.421. The molecular weight excluding hydrogens is 307 g/mol. The molecule has 1 fully saturated rings. The highest BCUT2D eigenvalue weighted by Crippen LogP contribution is 2.34. The number of piperidine rings is 1. The van der Waals surface area contributed by atoms with Gasteiger partial charge in [-0.25, -0.2) is 9.37 Å². The van der Waals surface area contributed by atoms with Crippen LogP contribution in [-0.4, -0.2) is 23.3 Å². The standard InChI is InChI=1S/C19H23FN2S/c1-14(2)23-19-16(7-6-10-21-19)15-8-9-18(17(20)13-15)22-11-4-3-5-12-22/h6-10,13-14H,3-5,11-12H2,1-2H3. The number of anilines is 1. The Hall–Kier alpha value is -1.55. The van der Waals surface area contributed by atoms with Gasteiger partial charge in [-0.15, -0.1) is 11.8 Å². The third kappa shape index (κ3) is 3.86. The van der Waals surface area contributed by atoms with E-state index in [0.29, 0.717) is 5.25 Å². The number of aromatic nitrogens is 1. The van der Waals surface area contributed by atoms with E-state index in [1.807, 2.05) is 24.3 Å². The quantitative estimate of drug-likeness (QED) is 0.700. The average Bonchev–Trinajstić information content (AvgIpc) is 2.55. The molecule has 1 aliphatic heterocycles. The summed E-state index contributed by atoms with van der Waals surface area (Å²) in [5.41, 5.74) is 2.64. The highest BCUT2D eigenvalue weighted by Gasteiger charge is 2.16. The van der Waals surface area contributed by atoms with Gasteiger partial charge in [0.15, 0.2) is 0 Å². The Labute approximate surface area is 142 Å². The Morgan fingerprint density at radius 1 is 1.13 bits per heavy atom. The lowest BCUT2D eigenvalue weighted by molar-refractivity contribution is 0.557. The van der Waals surface area contributed by atoms with E-state index in [-0.39, 0.29) is 5.82 Å². The van der Waals surface area contributed by atoms with Gasteiger partial charge in [-0.1, -0.05) is 26.0 Å². The van der Waals surface area contributed by atoms with Crippen molar-refractivity contribution < 1.29 is 4.39 Å². The van der Waals surface area contributed by atoms with Gasteiger partial charge < -0.3 is 4.90 Å². The first kappa shape index (κ1) is 16.3. The van der Waals surface area contributed by atoms with E-state index in [1.54, 1.807) is 24.0 Å². The number of hydrogen-bond acceptors (Lipinski definition) is 3. The first-order valence-electron chi connectivity index (χ1n) is 8.31. The van der Waals surface area contributed by atoms with Crippen molar-refractivity contribution in [1.82, 2.24) is 4.98 Å². The Morgan fingerprint density at radius 3 is 2.61 bits per heavy atom. The fourth-order valence-corrected chi connectivity index (χ4v) is 3.87. The van der Waals surface area contributed by atoms with Crippen LogP contribution in [0.4, 0.5) is 10.1 Å². The van der Waals surface area contributed by atoms with Gasteiger partial charge >= 0.3 is 0 Å². The minimum absolute atomic E-state index is 0.131. The summed E-state index contributed by atoms with van der Waals surface area (Å²) in [6.45, 7) is 6.20. The van der Waals surface area contributed by atoms with Gasteiger partial charge in [-0.2, -0.15) is 0 Å². The van der Waals surface area contributed by atoms with E-state index in [0.717, 1.165) is 47.8 Å². The Morgan fingerprint density at radius 2 is 1.91 bits per heavy atom. The van der Waals surface area contributed by atoms with Crippen LogP contribution in [0, 0.1) is 5.82 Å². The second kappa shape index (κ2) is 7.35. The predicted octanol–water partition coefficient (Wildman–Crippen LogP) is 5.38. The molecule has 0 N–H and O–H groups in total. The van der Waals surface area contributed by atoms with E-state index < -0.39 is 0 Å². The van der Waals surface area contributed by atoms with Crippen molar-refractivity contribution in [1.29, 1.82) is 0 Å². The Bertz CT molecular complexity index is 666. The molecule has 1 aromatic heterocycles. The Kier molecular flexibility index (Phi) is 5.21. The summed E-state index contributed by atoms with van der Waals surface area (Å²) in [4.78, 5) is 6.63. The number of nitrogens with zero attached hydrogens (tertiary/aromatic N) is 2. The van der Waals surface area contributed by atoms with Crippen molar-refractivity contribution in [2.45, 2.75) is 43.4 Å². The second-order valence-electron chi connectivity index (χ2n) is 6.24. The normalized spacial score (nSPS) is 15.2. The molecule has 3 rings (SSSR count). The molecule has 1 aliphatic rings. The largest absolute Gasteiger partial charge is 0.369 e. The molecule has 0 radical (unpaired) electrons. The molecule has 23 heavy (non-hydrogen) atoms. The van der Waals surface area contributed by atoms with Crippen LogP contribution in [0.3, 0.4) is 0 Å². The maximum absolute atomic E-state index is 14.6. The molecule has 0 unspecified atom stereocenters. The van der Waals surface area contributed by atoms with E-state index in [1.165, 1.54) is 6.42 Å². The van der Waals surface area contributed by atoms with Gasteiger partial charge in [-0.05, 0) is 43.0 Å². The van der Waals surface area contributed by atoms with E-state index in [2.05, 4.69) is 23.7 Å². The summed E-state index contributed by atoms with van der Waals surface area (Å²) in [5.74, 6) is -0.131. The lowest BCUT2D eigenvalue weighted by atomic mass is 10.1. The van der Waals surface area contributed by atoms with Crippen LogP contribution >= 0.6 is 11.8 Å². The van der Waals surface area contributed by atoms with Crippen LogP contribution < -0.4 is 4.90 Å². The van der Waals surface area contributed by atoms with Gasteiger partial charge in [0.1, 0.15) is 10.8 Å². The van der Waals surface area contributed by atoms with Gasteiger partial charge in [0.25, 0.3) is 0 Å². The highest BCUT2D eigenvalue weighted by atomic mass is 32.2. The second-order valence-corrected chi connectivity index (χ2v) is 7.80. The molecule has 2 aromatic rings. The fourth-order valence-electron chi connectivity index (χ4n) is 2.99. The summed E-state index contributed by atoms with van der Waals surface area (Å²) in [5, 5.41) is 1.41. The molecule has 0 amide bonds. The van der Waals surface area contributed by atoms with E-state index >= 15 is 0 Å². The molecule has 0 saturated carbocycles. The minimum atomic E-state index is -0.131. The van der Waals surface area contributed by atoms with Crippen molar-refractivity contribution in [2.75, 3.05) is 18.0 Å². The first-order chi connectivity index (χ1) is 11.1. The molecular formula is C19H23FN2S. The topological polar surface area (TPSA) is 16.1 Å². The molecule has 1 aromatic carbocycles. The molecule has 0 aliphatic carbocycles. The summed E-state index contributed by atoms with van der Waals surface area (Å²) in [6, 6.07) is 9.54. The van der Waals surface area contributed by atoms with Crippen molar-refractivity contribution in [2.24, 2.45) is 0 Å². The number of rotatable bonds is 4. The van der Waals surface area contributed by atoms with Gasteiger partial charge in [-0.3, -0.25) is 0 Å². The van der Waals surface area contributed by atoms with E-state index in [9.17, 15) is 4.39 Å². The predicted molar refractivity (Wildman–Crippen MR) is 96.7 cm³/mol. The number of hydrogen-bond donors (Lipinski definition) is 0. The van der Waals surface area contributed by atoms with Gasteiger partial charge in [0.2, 0.25) is 0 Å². The van der Waals surface area contributed by atoms with Crippen molar-refractivity contribution in [3.63, 3.8) is 0 Å². The number of pyridine rings is 1. The van der Waals surface area contributed by atoms with Crippen molar-refractivity contribution >= 4 is 17.4 Å². The first-order valence-corrected chi connectivity index (χ1v) is 9.19. The van der Waals surface area contributed by atoms with Crippen LogP contribution in [0.5, 0.6) is 0 Å². The molecule has 0 spiro atoms. The molecule has 4 heteroatoms. The van der Waals surface area contributed by atoms with Gasteiger partial charge in [0.05, 0.1) is 5.69 Å². The molecule has 2 heterocycles. The van der Waals surface area contributed by atoms with E-state index in [4.69, 9.17) is 0 Å². The maximum atomic E-state index is 14.6. The zero-order chi connectivity index (χ0) is 16.2. The summed E-state index contributed by atoms with van der Waals surface area (Å²) >= 11 is 1.71. The average molecular weight is 330 g/mol. The Balaban J connectivity index is 1.91. The molecule has 1 saturated heterocycles. The molecule has 2 nitrogen and oxygen atoms in total. The van der Waals surface area contributed by atoms with Crippen LogP contribution in [-0.2, 0) is 0 Å². The summed E-state index contributed by atoms with van der Waals surface area (Å²) < 4.78 is 14.6. The van der Waals surface area contributed by atoms with Crippen LogP contribution in [0.2, 0.25) is 0 Å². The van der Waals surface area contributed by atoms with Gasteiger partial charge in [0, 0.05) is 30.1 Å². The lowest BCUT2D eigenvalue weighted by Gasteiger charge is -2.29. The zero-order valence-electron chi connectivity index (χ0n) is 13.8. The molecule has 122 valence electrons. The van der Waals surface area contributed by atoms with Crippen LogP contribution in [0.1, 0.15) is 33.1 Å². The maximum Gasteiger partial charge on any atom is 0.147 e. The monoisotopic (exact) mass is 330 g/mol. The van der Waals surface area contributed by atoms with Crippen LogP contribution in [0.25, 0.3) is 11.1 Å².